The Kier molecular flexibility index (Phi) is 7.38. The summed E-state index contributed by atoms with van der Waals surface area (Å²) in [6.07, 6.45) is 1.81. The molecule has 2 rings (SSSR count). The van der Waals surface area contributed by atoms with Crippen LogP contribution in [0.1, 0.15) is 0 Å². The fraction of sp³-hybridized carbons (Fsp3) is 0.571. The van der Waals surface area contributed by atoms with Crippen LogP contribution >= 0.6 is 11.8 Å². The normalized spacial score (nSPS) is 15.0. The molecule has 0 saturated carbocycles. The molecule has 1 aromatic heterocycles. The van der Waals surface area contributed by atoms with Crippen LogP contribution in [0.25, 0.3) is 0 Å². The molecule has 9 nitrogen and oxygen atoms in total. The lowest BCUT2D eigenvalue weighted by Gasteiger charge is -2.27. The standard InChI is InChI=1S/C14H21N7O2S/c1-16-14(18-10-15)17-4-9-24-11-21-13(22)3-2-12(19-21)20-5-7-23-8-6-20/h2-3H,4-9,11H2,1H3,(H2,16,17,18). The Labute approximate surface area is 144 Å². The maximum absolute atomic E-state index is 11.9. The van der Waals surface area contributed by atoms with Crippen molar-refractivity contribution >= 4 is 23.5 Å². The molecule has 1 saturated heterocycles. The number of morpholine rings is 1. The third kappa shape index (κ3) is 5.43. The second-order valence-corrected chi connectivity index (χ2v) is 5.98. The third-order valence-electron chi connectivity index (χ3n) is 3.34. The number of anilines is 1. The molecule has 0 amide bonds. The summed E-state index contributed by atoms with van der Waals surface area (Å²) in [4.78, 5) is 17.9. The van der Waals surface area contributed by atoms with Gasteiger partial charge >= 0.3 is 0 Å². The highest BCUT2D eigenvalue weighted by Gasteiger charge is 2.13. The minimum Gasteiger partial charge on any atom is -0.378 e. The van der Waals surface area contributed by atoms with E-state index in [4.69, 9.17) is 10.00 Å². The molecule has 0 aromatic carbocycles. The number of hydrogen-bond acceptors (Lipinski definition) is 7. The number of nitrogens with zero attached hydrogens (tertiary/aromatic N) is 5. The summed E-state index contributed by atoms with van der Waals surface area (Å²) in [5.74, 6) is 2.46. The molecule has 0 unspecified atom stereocenters. The topological polar surface area (TPSA) is 108 Å². The van der Waals surface area contributed by atoms with Crippen molar-refractivity contribution in [1.82, 2.24) is 20.4 Å². The van der Waals surface area contributed by atoms with Crippen molar-refractivity contribution in [3.05, 3.63) is 22.5 Å². The molecule has 10 heteroatoms. The molecule has 2 N–H and O–H groups in total. The van der Waals surface area contributed by atoms with Crippen molar-refractivity contribution in [2.75, 3.05) is 50.5 Å². The first kappa shape index (κ1) is 18.1. The lowest BCUT2D eigenvalue weighted by molar-refractivity contribution is 0.122. The molecule has 1 aromatic rings. The van der Waals surface area contributed by atoms with E-state index in [0.29, 0.717) is 31.6 Å². The predicted molar refractivity (Wildman–Crippen MR) is 94.1 cm³/mol. The van der Waals surface area contributed by atoms with Crippen LogP contribution in [0.5, 0.6) is 0 Å². The quantitative estimate of drug-likeness (QED) is 0.230. The lowest BCUT2D eigenvalue weighted by Crippen LogP contribution is -2.38. The van der Waals surface area contributed by atoms with Crippen molar-refractivity contribution in [1.29, 1.82) is 5.26 Å². The number of nitriles is 1. The van der Waals surface area contributed by atoms with Crippen LogP contribution in [0, 0.1) is 11.5 Å². The van der Waals surface area contributed by atoms with Crippen molar-refractivity contribution in [3.8, 4) is 6.19 Å². The first-order chi connectivity index (χ1) is 11.7. The highest BCUT2D eigenvalue weighted by molar-refractivity contribution is 7.98. The number of aromatic nitrogens is 2. The molecule has 1 fully saturated rings. The van der Waals surface area contributed by atoms with Gasteiger partial charge in [-0.05, 0) is 6.07 Å². The van der Waals surface area contributed by atoms with E-state index < -0.39 is 0 Å². The number of hydrogen-bond donors (Lipinski definition) is 2. The second-order valence-electron chi connectivity index (χ2n) is 4.90. The average Bonchev–Trinajstić information content (AvgIpc) is 2.62. The Bertz CT molecular complexity index is 649. The monoisotopic (exact) mass is 351 g/mol. The van der Waals surface area contributed by atoms with Gasteiger partial charge in [0.25, 0.3) is 5.56 Å². The number of thioether (sulfide) groups is 1. The van der Waals surface area contributed by atoms with Crippen LogP contribution < -0.4 is 21.1 Å². The van der Waals surface area contributed by atoms with E-state index in [1.165, 1.54) is 4.68 Å². The average molecular weight is 351 g/mol. The van der Waals surface area contributed by atoms with Gasteiger partial charge in [-0.15, -0.1) is 11.8 Å². The fourth-order valence-corrected chi connectivity index (χ4v) is 2.85. The number of guanidine groups is 1. The summed E-state index contributed by atoms with van der Waals surface area (Å²) < 4.78 is 6.80. The second kappa shape index (κ2) is 9.79. The molecular formula is C14H21N7O2S. The zero-order chi connectivity index (χ0) is 17.2. The van der Waals surface area contributed by atoms with Crippen LogP contribution in [-0.4, -0.2) is 61.4 Å². The Morgan fingerprint density at radius 2 is 2.29 bits per heavy atom. The third-order valence-corrected chi connectivity index (χ3v) is 4.26. The zero-order valence-electron chi connectivity index (χ0n) is 13.6. The molecule has 0 spiro atoms. The number of nitrogens with one attached hydrogen (secondary N) is 2. The van der Waals surface area contributed by atoms with Crippen LogP contribution in [0.15, 0.2) is 21.9 Å². The van der Waals surface area contributed by atoms with Crippen molar-refractivity contribution in [3.63, 3.8) is 0 Å². The number of ether oxygens (including phenoxy) is 1. The van der Waals surface area contributed by atoms with Gasteiger partial charge in [0.1, 0.15) is 5.82 Å². The van der Waals surface area contributed by atoms with Gasteiger partial charge in [0.05, 0.1) is 19.1 Å². The van der Waals surface area contributed by atoms with Crippen LogP contribution in [-0.2, 0) is 10.6 Å². The van der Waals surface area contributed by atoms with Gasteiger partial charge in [0, 0.05) is 38.5 Å². The molecule has 0 bridgehead atoms. The Hall–Kier alpha value is -2.25. The number of rotatable bonds is 6. The van der Waals surface area contributed by atoms with Crippen molar-refractivity contribution in [2.45, 2.75) is 5.88 Å². The largest absolute Gasteiger partial charge is 0.378 e. The molecule has 0 atom stereocenters. The predicted octanol–water partition coefficient (Wildman–Crippen LogP) is -0.583. The molecule has 0 radical (unpaired) electrons. The Morgan fingerprint density at radius 1 is 1.50 bits per heavy atom. The van der Waals surface area contributed by atoms with E-state index in [0.717, 1.165) is 24.7 Å². The maximum Gasteiger partial charge on any atom is 0.267 e. The van der Waals surface area contributed by atoms with Gasteiger partial charge in [-0.1, -0.05) is 0 Å². The highest BCUT2D eigenvalue weighted by atomic mass is 32.2. The van der Waals surface area contributed by atoms with Gasteiger partial charge in [0.2, 0.25) is 5.96 Å². The van der Waals surface area contributed by atoms with Crippen LogP contribution in [0.4, 0.5) is 5.82 Å². The SMILES string of the molecule is CN=C(NC#N)NCCSCn1nc(N2CCOCC2)ccc1=O. The van der Waals surface area contributed by atoms with E-state index >= 15 is 0 Å². The molecule has 2 heterocycles. The van der Waals surface area contributed by atoms with E-state index in [9.17, 15) is 4.79 Å². The molecule has 0 aliphatic carbocycles. The van der Waals surface area contributed by atoms with E-state index in [1.807, 2.05) is 6.19 Å². The van der Waals surface area contributed by atoms with Crippen molar-refractivity contribution < 1.29 is 4.74 Å². The summed E-state index contributed by atoms with van der Waals surface area (Å²) in [6, 6.07) is 3.31. The van der Waals surface area contributed by atoms with E-state index in [2.05, 4.69) is 25.6 Å². The Morgan fingerprint density at radius 3 is 3.00 bits per heavy atom. The maximum atomic E-state index is 11.9. The first-order valence-corrected chi connectivity index (χ1v) is 8.74. The highest BCUT2D eigenvalue weighted by Crippen LogP contribution is 2.11. The van der Waals surface area contributed by atoms with Crippen LogP contribution in [0.3, 0.4) is 0 Å². The molecular weight excluding hydrogens is 330 g/mol. The number of aliphatic imine (C=N–C) groups is 1. The molecule has 130 valence electrons. The van der Waals surface area contributed by atoms with Crippen LogP contribution in [0.2, 0.25) is 0 Å². The van der Waals surface area contributed by atoms with Gasteiger partial charge in [-0.2, -0.15) is 10.4 Å². The summed E-state index contributed by atoms with van der Waals surface area (Å²) in [6.45, 7) is 3.56. The summed E-state index contributed by atoms with van der Waals surface area (Å²) in [7, 11) is 1.60. The molecule has 24 heavy (non-hydrogen) atoms. The summed E-state index contributed by atoms with van der Waals surface area (Å²) in [5, 5.41) is 18.4. The minimum absolute atomic E-state index is 0.116. The zero-order valence-corrected chi connectivity index (χ0v) is 14.4. The molecule has 1 aliphatic rings. The smallest absolute Gasteiger partial charge is 0.267 e. The van der Waals surface area contributed by atoms with Gasteiger partial charge in [-0.3, -0.25) is 15.1 Å². The van der Waals surface area contributed by atoms with E-state index in [1.54, 1.807) is 30.9 Å². The van der Waals surface area contributed by atoms with Gasteiger partial charge in [-0.25, -0.2) is 4.68 Å². The lowest BCUT2D eigenvalue weighted by atomic mass is 10.4. The van der Waals surface area contributed by atoms with Gasteiger partial charge in [0.15, 0.2) is 6.19 Å². The van der Waals surface area contributed by atoms with Gasteiger partial charge < -0.3 is 15.0 Å². The fourth-order valence-electron chi connectivity index (χ4n) is 2.12. The Balaban J connectivity index is 1.82. The summed E-state index contributed by atoms with van der Waals surface area (Å²) in [5.41, 5.74) is -0.116. The first-order valence-electron chi connectivity index (χ1n) is 7.59. The summed E-state index contributed by atoms with van der Waals surface area (Å²) >= 11 is 1.58. The van der Waals surface area contributed by atoms with E-state index in [-0.39, 0.29) is 5.56 Å². The molecule has 1 aliphatic heterocycles. The minimum atomic E-state index is -0.116. The van der Waals surface area contributed by atoms with Crippen molar-refractivity contribution in [2.24, 2.45) is 4.99 Å².